The van der Waals surface area contributed by atoms with E-state index in [-0.39, 0.29) is 5.56 Å². The summed E-state index contributed by atoms with van der Waals surface area (Å²) in [6.07, 6.45) is 0. The normalized spacial score (nSPS) is 10.9. The number of thioether (sulfide) groups is 1. The smallest absolute Gasteiger partial charge is 0.335 e. The summed E-state index contributed by atoms with van der Waals surface area (Å²) in [5.74, 6) is 2.53. The van der Waals surface area contributed by atoms with Crippen molar-refractivity contribution in [3.63, 3.8) is 0 Å². The summed E-state index contributed by atoms with van der Waals surface area (Å²) in [4.78, 5) is 15.1. The largest absolute Gasteiger partial charge is 0.478 e. The molecule has 6 heteroatoms. The summed E-state index contributed by atoms with van der Waals surface area (Å²) in [5.41, 5.74) is 0.962. The van der Waals surface area contributed by atoms with Gasteiger partial charge in [-0.1, -0.05) is 19.0 Å². The standard InChI is InChI=1S/C14H16N2O3S/c1-9(2)7-20-8-12-15-13(19-16-12)10-3-5-11(6-4-10)14(17)18/h3-6,9H,7-8H2,1-2H3,(H,17,18). The Morgan fingerprint density at radius 3 is 2.65 bits per heavy atom. The number of aromatic nitrogens is 2. The number of rotatable bonds is 6. The summed E-state index contributed by atoms with van der Waals surface area (Å²) >= 11 is 1.77. The Balaban J connectivity index is 2.02. The molecule has 0 saturated heterocycles. The van der Waals surface area contributed by atoms with E-state index in [0.717, 1.165) is 17.1 Å². The topological polar surface area (TPSA) is 76.2 Å². The van der Waals surface area contributed by atoms with Crippen LogP contribution in [0.4, 0.5) is 0 Å². The lowest BCUT2D eigenvalue weighted by Gasteiger charge is -2.00. The molecule has 1 aromatic carbocycles. The zero-order chi connectivity index (χ0) is 14.5. The van der Waals surface area contributed by atoms with Crippen LogP contribution in [0.3, 0.4) is 0 Å². The van der Waals surface area contributed by atoms with Crippen LogP contribution in [0.1, 0.15) is 30.0 Å². The summed E-state index contributed by atoms with van der Waals surface area (Å²) in [7, 11) is 0. The Labute approximate surface area is 121 Å². The van der Waals surface area contributed by atoms with Crippen LogP contribution in [0.25, 0.3) is 11.5 Å². The van der Waals surface area contributed by atoms with E-state index in [0.29, 0.717) is 17.6 Å². The molecule has 0 amide bonds. The van der Waals surface area contributed by atoms with E-state index in [1.807, 2.05) is 0 Å². The lowest BCUT2D eigenvalue weighted by molar-refractivity contribution is 0.0697. The first-order valence-electron chi connectivity index (χ1n) is 6.30. The van der Waals surface area contributed by atoms with Crippen molar-refractivity contribution < 1.29 is 14.4 Å². The highest BCUT2D eigenvalue weighted by molar-refractivity contribution is 7.98. The number of hydrogen-bond donors (Lipinski definition) is 1. The predicted octanol–water partition coefficient (Wildman–Crippen LogP) is 3.32. The fraction of sp³-hybridized carbons (Fsp3) is 0.357. The summed E-state index contributed by atoms with van der Waals surface area (Å²) in [5, 5.41) is 12.8. The van der Waals surface area contributed by atoms with Gasteiger partial charge in [0.1, 0.15) is 0 Å². The Bertz CT molecular complexity index is 578. The molecule has 0 spiro atoms. The third-order valence-corrected chi connectivity index (χ3v) is 3.89. The maximum Gasteiger partial charge on any atom is 0.335 e. The Morgan fingerprint density at radius 1 is 1.35 bits per heavy atom. The van der Waals surface area contributed by atoms with Gasteiger partial charge >= 0.3 is 5.97 Å². The van der Waals surface area contributed by atoms with Gasteiger partial charge in [-0.25, -0.2) is 4.79 Å². The van der Waals surface area contributed by atoms with Crippen molar-refractivity contribution in [1.82, 2.24) is 10.1 Å². The van der Waals surface area contributed by atoms with Gasteiger partial charge in [-0.15, -0.1) is 0 Å². The van der Waals surface area contributed by atoms with E-state index in [1.165, 1.54) is 12.1 Å². The molecule has 2 rings (SSSR count). The second-order valence-electron chi connectivity index (χ2n) is 4.81. The van der Waals surface area contributed by atoms with Crippen molar-refractivity contribution in [2.45, 2.75) is 19.6 Å². The molecule has 0 saturated carbocycles. The highest BCUT2D eigenvalue weighted by Crippen LogP contribution is 2.20. The molecule has 0 aliphatic carbocycles. The van der Waals surface area contributed by atoms with E-state index in [2.05, 4.69) is 24.0 Å². The molecule has 1 heterocycles. The van der Waals surface area contributed by atoms with Crippen molar-refractivity contribution in [2.24, 2.45) is 5.92 Å². The minimum absolute atomic E-state index is 0.237. The molecule has 0 atom stereocenters. The predicted molar refractivity (Wildman–Crippen MR) is 77.7 cm³/mol. The summed E-state index contributed by atoms with van der Waals surface area (Å²) < 4.78 is 5.19. The van der Waals surface area contributed by atoms with Gasteiger partial charge < -0.3 is 9.63 Å². The maximum atomic E-state index is 10.8. The molecule has 0 fully saturated rings. The highest BCUT2D eigenvalue weighted by Gasteiger charge is 2.10. The molecule has 0 aliphatic heterocycles. The lowest BCUT2D eigenvalue weighted by Crippen LogP contribution is -1.95. The van der Waals surface area contributed by atoms with Crippen molar-refractivity contribution in [2.75, 3.05) is 5.75 Å². The second-order valence-corrected chi connectivity index (χ2v) is 5.84. The first-order chi connectivity index (χ1) is 9.56. The quantitative estimate of drug-likeness (QED) is 0.880. The fourth-order valence-corrected chi connectivity index (χ4v) is 2.46. The Kier molecular flexibility index (Phi) is 4.79. The molecular formula is C14H16N2O3S. The SMILES string of the molecule is CC(C)CSCc1noc(-c2ccc(C(=O)O)cc2)n1. The highest BCUT2D eigenvalue weighted by atomic mass is 32.2. The number of carboxylic acids is 1. The van der Waals surface area contributed by atoms with Crippen LogP contribution in [0, 0.1) is 5.92 Å². The molecule has 0 unspecified atom stereocenters. The Hall–Kier alpha value is -1.82. The summed E-state index contributed by atoms with van der Waals surface area (Å²) in [6, 6.07) is 6.38. The van der Waals surface area contributed by atoms with Crippen molar-refractivity contribution in [3.05, 3.63) is 35.7 Å². The first kappa shape index (κ1) is 14.6. The first-order valence-corrected chi connectivity index (χ1v) is 7.46. The van der Waals surface area contributed by atoms with E-state index in [1.54, 1.807) is 23.9 Å². The molecule has 1 N–H and O–H groups in total. The molecule has 2 aromatic rings. The zero-order valence-corrected chi connectivity index (χ0v) is 12.2. The van der Waals surface area contributed by atoms with Gasteiger partial charge in [-0.3, -0.25) is 0 Å². The van der Waals surface area contributed by atoms with E-state index in [9.17, 15) is 4.79 Å². The molecule has 0 aliphatic rings. The van der Waals surface area contributed by atoms with Crippen LogP contribution < -0.4 is 0 Å². The van der Waals surface area contributed by atoms with Crippen molar-refractivity contribution >= 4 is 17.7 Å². The van der Waals surface area contributed by atoms with Crippen LogP contribution in [-0.2, 0) is 5.75 Å². The average Bonchev–Trinajstić information content (AvgIpc) is 2.87. The van der Waals surface area contributed by atoms with Gasteiger partial charge in [-0.2, -0.15) is 16.7 Å². The monoisotopic (exact) mass is 292 g/mol. The van der Waals surface area contributed by atoms with Gasteiger partial charge in [0, 0.05) is 5.56 Å². The molecule has 1 aromatic heterocycles. The summed E-state index contributed by atoms with van der Waals surface area (Å²) in [6.45, 7) is 4.33. The second kappa shape index (κ2) is 6.56. The average molecular weight is 292 g/mol. The van der Waals surface area contributed by atoms with Crippen molar-refractivity contribution in [1.29, 1.82) is 0 Å². The van der Waals surface area contributed by atoms with Gasteiger partial charge in [0.15, 0.2) is 5.82 Å². The van der Waals surface area contributed by atoms with Crippen LogP contribution in [0.2, 0.25) is 0 Å². The molecule has 0 radical (unpaired) electrons. The van der Waals surface area contributed by atoms with E-state index in [4.69, 9.17) is 9.63 Å². The molecule has 106 valence electrons. The van der Waals surface area contributed by atoms with Crippen LogP contribution in [-0.4, -0.2) is 27.0 Å². The number of carbonyl (C=O) groups is 1. The maximum absolute atomic E-state index is 10.8. The molecule has 5 nitrogen and oxygen atoms in total. The van der Waals surface area contributed by atoms with Gasteiger partial charge in [-0.05, 0) is 35.9 Å². The minimum atomic E-state index is -0.951. The number of benzene rings is 1. The van der Waals surface area contributed by atoms with Crippen LogP contribution in [0.15, 0.2) is 28.8 Å². The zero-order valence-electron chi connectivity index (χ0n) is 11.4. The van der Waals surface area contributed by atoms with Crippen LogP contribution in [0.5, 0.6) is 0 Å². The van der Waals surface area contributed by atoms with Crippen molar-refractivity contribution in [3.8, 4) is 11.5 Å². The molecule has 20 heavy (non-hydrogen) atoms. The van der Waals surface area contributed by atoms with Crippen LogP contribution >= 0.6 is 11.8 Å². The minimum Gasteiger partial charge on any atom is -0.478 e. The third-order valence-electron chi connectivity index (χ3n) is 2.53. The lowest BCUT2D eigenvalue weighted by atomic mass is 10.1. The third kappa shape index (κ3) is 3.84. The number of carboxylic acid groups (broad SMARTS) is 1. The van der Waals surface area contributed by atoms with E-state index >= 15 is 0 Å². The fourth-order valence-electron chi connectivity index (χ4n) is 1.57. The molecular weight excluding hydrogens is 276 g/mol. The van der Waals surface area contributed by atoms with E-state index < -0.39 is 5.97 Å². The van der Waals surface area contributed by atoms with Gasteiger partial charge in [0.25, 0.3) is 5.89 Å². The number of aromatic carboxylic acids is 1. The van der Waals surface area contributed by atoms with Gasteiger partial charge in [0.05, 0.1) is 11.3 Å². The number of nitrogens with zero attached hydrogens (tertiary/aromatic N) is 2. The number of hydrogen-bond acceptors (Lipinski definition) is 5. The molecule has 0 bridgehead atoms. The van der Waals surface area contributed by atoms with Gasteiger partial charge in [0.2, 0.25) is 0 Å². The Morgan fingerprint density at radius 2 is 2.05 bits per heavy atom.